The number of nitrogens with one attached hydrogen (secondary N) is 2. The van der Waals surface area contributed by atoms with Gasteiger partial charge in [0.2, 0.25) is 5.91 Å². The Bertz CT molecular complexity index is 1330. The predicted molar refractivity (Wildman–Crippen MR) is 135 cm³/mol. The lowest BCUT2D eigenvalue weighted by Gasteiger charge is -2.18. The maximum atomic E-state index is 13.0. The molecule has 0 radical (unpaired) electrons. The molecule has 5 rings (SSSR count). The van der Waals surface area contributed by atoms with Gasteiger partial charge in [-0.3, -0.25) is 19.4 Å². The van der Waals surface area contributed by atoms with E-state index in [4.69, 9.17) is 4.74 Å². The molecule has 0 saturated carbocycles. The molecule has 1 aliphatic carbocycles. The maximum Gasteiger partial charge on any atom is 0.322 e. The Hall–Kier alpha value is -3.53. The Morgan fingerprint density at radius 2 is 2.03 bits per heavy atom. The largest absolute Gasteiger partial charge is 0.489 e. The number of fused-ring (bicyclic) bond motifs is 1. The summed E-state index contributed by atoms with van der Waals surface area (Å²) in [6, 6.07) is 8.81. The molecule has 10 heteroatoms. The summed E-state index contributed by atoms with van der Waals surface area (Å²) >= 11 is 1.01. The summed E-state index contributed by atoms with van der Waals surface area (Å²) in [6.07, 6.45) is 3.58. The Morgan fingerprint density at radius 1 is 1.22 bits per heavy atom. The van der Waals surface area contributed by atoms with Gasteiger partial charge in [-0.25, -0.2) is 5.10 Å². The second kappa shape index (κ2) is 10.2. The molecule has 3 heterocycles. The van der Waals surface area contributed by atoms with Crippen molar-refractivity contribution in [3.63, 3.8) is 0 Å². The number of carbonyl (C=O) groups is 2. The minimum atomic E-state index is -0.333. The summed E-state index contributed by atoms with van der Waals surface area (Å²) in [6.45, 7) is 5.09. The van der Waals surface area contributed by atoms with Crippen molar-refractivity contribution in [3.8, 4) is 5.75 Å². The molecule has 188 valence electrons. The van der Waals surface area contributed by atoms with Gasteiger partial charge >= 0.3 is 4.87 Å². The molecule has 2 aliphatic rings. The molecule has 1 aromatic carbocycles. The standard InChI is InChI=1S/C26H29N5O4S/c1-3-23(32)31-12-20(25-29-30-26(34)36-25)22(13-31)28-24(33)16-7-9-18(10-8-16)35-14-17-11-15(2)27-21-6-4-5-19(17)21/h7-11,20,22H,3-6,12-14H2,1-2H3,(H,28,33)(H,30,34)/t20-,22+/m0/s1. The van der Waals surface area contributed by atoms with E-state index in [1.165, 1.54) is 16.8 Å². The van der Waals surface area contributed by atoms with Gasteiger partial charge in [-0.05, 0) is 67.6 Å². The van der Waals surface area contributed by atoms with Gasteiger partial charge in [-0.1, -0.05) is 18.3 Å². The quantitative estimate of drug-likeness (QED) is 0.508. The lowest BCUT2D eigenvalue weighted by Crippen LogP contribution is -2.40. The van der Waals surface area contributed by atoms with Crippen LogP contribution in [-0.4, -0.2) is 51.0 Å². The number of aromatic nitrogens is 3. The number of carbonyl (C=O) groups excluding carboxylic acids is 2. The average Bonchev–Trinajstić information content (AvgIpc) is 3.62. The maximum absolute atomic E-state index is 13.0. The molecule has 2 N–H and O–H groups in total. The van der Waals surface area contributed by atoms with E-state index in [1.54, 1.807) is 29.2 Å². The third-order valence-electron chi connectivity index (χ3n) is 6.84. The highest BCUT2D eigenvalue weighted by atomic mass is 32.1. The van der Waals surface area contributed by atoms with Crippen molar-refractivity contribution in [2.24, 2.45) is 0 Å². The predicted octanol–water partition coefficient (Wildman–Crippen LogP) is 2.74. The molecule has 0 bridgehead atoms. The summed E-state index contributed by atoms with van der Waals surface area (Å²) < 4.78 is 6.03. The van der Waals surface area contributed by atoms with E-state index in [9.17, 15) is 14.4 Å². The zero-order valence-corrected chi connectivity index (χ0v) is 21.2. The van der Waals surface area contributed by atoms with Crippen molar-refractivity contribution in [1.29, 1.82) is 0 Å². The van der Waals surface area contributed by atoms with E-state index >= 15 is 0 Å². The van der Waals surface area contributed by atoms with Gasteiger partial charge in [0, 0.05) is 36.5 Å². The van der Waals surface area contributed by atoms with Crippen molar-refractivity contribution in [1.82, 2.24) is 25.4 Å². The Balaban J connectivity index is 1.24. The van der Waals surface area contributed by atoms with E-state index in [0.717, 1.165) is 36.3 Å². The summed E-state index contributed by atoms with van der Waals surface area (Å²) in [5.41, 5.74) is 5.17. The van der Waals surface area contributed by atoms with Crippen molar-refractivity contribution in [3.05, 3.63) is 73.1 Å². The van der Waals surface area contributed by atoms with Crippen LogP contribution in [-0.2, 0) is 24.2 Å². The number of rotatable bonds is 7. The highest BCUT2D eigenvalue weighted by Gasteiger charge is 2.38. The monoisotopic (exact) mass is 507 g/mol. The number of aromatic amines is 1. The third kappa shape index (κ3) is 5.04. The number of hydrogen-bond donors (Lipinski definition) is 2. The van der Waals surface area contributed by atoms with Crippen molar-refractivity contribution < 1.29 is 14.3 Å². The average molecular weight is 508 g/mol. The second-order valence-corrected chi connectivity index (χ2v) is 10.3. The highest BCUT2D eigenvalue weighted by molar-refractivity contribution is 7.08. The molecule has 1 aliphatic heterocycles. The van der Waals surface area contributed by atoms with Crippen LogP contribution in [0.3, 0.4) is 0 Å². The number of ether oxygens (including phenoxy) is 1. The van der Waals surface area contributed by atoms with Crippen LogP contribution in [0.25, 0.3) is 0 Å². The van der Waals surface area contributed by atoms with Gasteiger partial charge in [-0.2, -0.15) is 5.10 Å². The number of nitrogens with zero attached hydrogens (tertiary/aromatic N) is 3. The number of hydrogen-bond acceptors (Lipinski definition) is 7. The van der Waals surface area contributed by atoms with Crippen molar-refractivity contribution >= 4 is 23.2 Å². The molecule has 1 fully saturated rings. The van der Waals surface area contributed by atoms with E-state index < -0.39 is 0 Å². The van der Waals surface area contributed by atoms with Gasteiger partial charge in [0.05, 0.1) is 12.0 Å². The molecule has 0 spiro atoms. The van der Waals surface area contributed by atoms with E-state index in [-0.39, 0.29) is 28.6 Å². The van der Waals surface area contributed by atoms with Gasteiger partial charge in [-0.15, -0.1) is 0 Å². The first-order valence-electron chi connectivity index (χ1n) is 12.3. The first-order valence-corrected chi connectivity index (χ1v) is 13.1. The summed E-state index contributed by atoms with van der Waals surface area (Å²) in [4.78, 5) is 43.1. The van der Waals surface area contributed by atoms with Crippen LogP contribution < -0.4 is 14.9 Å². The van der Waals surface area contributed by atoms with Gasteiger partial charge in [0.1, 0.15) is 17.4 Å². The molecule has 9 nitrogen and oxygen atoms in total. The molecule has 2 atom stereocenters. The van der Waals surface area contributed by atoms with Crippen LogP contribution in [0.4, 0.5) is 0 Å². The zero-order chi connectivity index (χ0) is 25.2. The molecule has 2 amide bonds. The number of amides is 2. The molecule has 2 aromatic heterocycles. The van der Waals surface area contributed by atoms with Gasteiger partial charge in [0.25, 0.3) is 5.91 Å². The highest BCUT2D eigenvalue weighted by Crippen LogP contribution is 2.29. The van der Waals surface area contributed by atoms with E-state index in [1.807, 2.05) is 13.8 Å². The molecule has 0 unspecified atom stereocenters. The fourth-order valence-corrected chi connectivity index (χ4v) is 5.82. The number of pyridine rings is 1. The normalized spacial score (nSPS) is 18.8. The first kappa shape index (κ1) is 24.2. The van der Waals surface area contributed by atoms with E-state index in [2.05, 4.69) is 26.6 Å². The van der Waals surface area contributed by atoms with Crippen LogP contribution in [0.5, 0.6) is 5.75 Å². The Morgan fingerprint density at radius 3 is 2.75 bits per heavy atom. The van der Waals surface area contributed by atoms with Crippen molar-refractivity contribution in [2.75, 3.05) is 13.1 Å². The molecular formula is C26H29N5O4S. The fraction of sp³-hybridized carbons (Fsp3) is 0.423. The van der Waals surface area contributed by atoms with Crippen molar-refractivity contribution in [2.45, 2.75) is 58.1 Å². The minimum Gasteiger partial charge on any atom is -0.489 e. The fourth-order valence-electron chi connectivity index (χ4n) is 5.05. The van der Waals surface area contributed by atoms with Crippen LogP contribution in [0.1, 0.15) is 63.6 Å². The summed E-state index contributed by atoms with van der Waals surface area (Å²) in [5, 5.41) is 10.2. The lowest BCUT2D eigenvalue weighted by molar-refractivity contribution is -0.129. The SMILES string of the molecule is CCC(=O)N1C[C@H](c2n[nH]c(=O)s2)[C@H](NC(=O)c2ccc(OCc3cc(C)nc4c3CCC4)cc2)C1. The molecule has 1 saturated heterocycles. The van der Waals surface area contributed by atoms with Crippen LogP contribution in [0, 0.1) is 6.92 Å². The Labute approximate surface area is 212 Å². The van der Waals surface area contributed by atoms with Crippen LogP contribution >= 0.6 is 11.3 Å². The van der Waals surface area contributed by atoms with Crippen LogP contribution in [0.2, 0.25) is 0 Å². The van der Waals surface area contributed by atoms with Gasteiger partial charge < -0.3 is 15.0 Å². The van der Waals surface area contributed by atoms with E-state index in [0.29, 0.717) is 42.4 Å². The second-order valence-electron chi connectivity index (χ2n) is 9.30. The Kier molecular flexibility index (Phi) is 6.86. The zero-order valence-electron chi connectivity index (χ0n) is 20.4. The molecule has 3 aromatic rings. The summed E-state index contributed by atoms with van der Waals surface area (Å²) in [7, 11) is 0. The number of aryl methyl sites for hydroxylation is 2. The number of H-pyrrole nitrogens is 1. The molecular weight excluding hydrogens is 478 g/mol. The van der Waals surface area contributed by atoms with Gasteiger partial charge in [0.15, 0.2) is 0 Å². The lowest BCUT2D eigenvalue weighted by atomic mass is 10.0. The smallest absolute Gasteiger partial charge is 0.322 e. The first-order chi connectivity index (χ1) is 17.4. The number of likely N-dealkylation sites (tertiary alicyclic amines) is 1. The summed E-state index contributed by atoms with van der Waals surface area (Å²) in [5.74, 6) is 0.220. The third-order valence-corrected chi connectivity index (χ3v) is 7.72. The topological polar surface area (TPSA) is 117 Å². The minimum absolute atomic E-state index is 0.0103. The number of benzene rings is 1. The molecule has 36 heavy (non-hydrogen) atoms. The van der Waals surface area contributed by atoms with Crippen LogP contribution in [0.15, 0.2) is 35.1 Å².